The van der Waals surface area contributed by atoms with Crippen molar-refractivity contribution < 1.29 is 26.4 Å². The van der Waals surface area contributed by atoms with Crippen LogP contribution in [0.3, 0.4) is 0 Å². The average molecular weight is 412 g/mol. The molecule has 0 saturated carbocycles. The topological polar surface area (TPSA) is 93.1 Å². The van der Waals surface area contributed by atoms with Crippen LogP contribution in [0.5, 0.6) is 0 Å². The molecule has 3 aromatic rings. The van der Waals surface area contributed by atoms with Gasteiger partial charge in [0.1, 0.15) is 6.54 Å². The van der Waals surface area contributed by atoms with Gasteiger partial charge in [-0.1, -0.05) is 18.2 Å². The Morgan fingerprint density at radius 3 is 2.46 bits per heavy atom. The number of fused-ring (bicyclic) bond motifs is 1. The number of imidazole rings is 1. The fourth-order valence-corrected chi connectivity index (χ4v) is 3.23. The number of alkyl halides is 3. The third-order valence-corrected chi connectivity index (χ3v) is 4.27. The van der Waals surface area contributed by atoms with Crippen molar-refractivity contribution >= 4 is 38.3 Å². The van der Waals surface area contributed by atoms with Gasteiger partial charge in [0, 0.05) is 5.69 Å². The summed E-state index contributed by atoms with van der Waals surface area (Å²) < 4.78 is 65.5. The molecular formula is C17H15F3N4O3S. The maximum Gasteiger partial charge on any atom is 0.449 e. The van der Waals surface area contributed by atoms with Crippen LogP contribution in [0.15, 0.2) is 48.5 Å². The van der Waals surface area contributed by atoms with E-state index in [4.69, 9.17) is 0 Å². The zero-order chi connectivity index (χ0) is 20.5. The van der Waals surface area contributed by atoms with Gasteiger partial charge in [-0.3, -0.25) is 9.52 Å². The van der Waals surface area contributed by atoms with Crippen LogP contribution in [0.1, 0.15) is 5.82 Å². The summed E-state index contributed by atoms with van der Waals surface area (Å²) in [6.07, 6.45) is -3.75. The van der Waals surface area contributed by atoms with Gasteiger partial charge in [0.15, 0.2) is 0 Å². The second-order valence-electron chi connectivity index (χ2n) is 6.01. The highest BCUT2D eigenvalue weighted by molar-refractivity contribution is 7.92. The first-order valence-electron chi connectivity index (χ1n) is 7.93. The summed E-state index contributed by atoms with van der Waals surface area (Å²) in [5.74, 6) is -1.89. The number of nitrogens with one attached hydrogen (secondary N) is 2. The number of rotatable bonds is 5. The lowest BCUT2D eigenvalue weighted by molar-refractivity contribution is -0.147. The van der Waals surface area contributed by atoms with E-state index in [0.29, 0.717) is 0 Å². The predicted molar refractivity (Wildman–Crippen MR) is 98.3 cm³/mol. The largest absolute Gasteiger partial charge is 0.449 e. The first-order chi connectivity index (χ1) is 13.0. The molecule has 0 spiro atoms. The number of amides is 1. The SMILES string of the molecule is CS(=O)(=O)Nc1cccc(NC(=O)Cn2c(C(F)(F)F)nc3ccccc32)c1. The molecule has 1 aromatic heterocycles. The molecule has 11 heteroatoms. The van der Waals surface area contributed by atoms with Crippen molar-refractivity contribution in [3.05, 3.63) is 54.4 Å². The number of sulfonamides is 1. The van der Waals surface area contributed by atoms with E-state index in [-0.39, 0.29) is 22.4 Å². The second kappa shape index (κ2) is 7.15. The molecule has 0 radical (unpaired) electrons. The van der Waals surface area contributed by atoms with Crippen molar-refractivity contribution in [3.63, 3.8) is 0 Å². The maximum atomic E-state index is 13.3. The number of anilines is 2. The summed E-state index contributed by atoms with van der Waals surface area (Å²) in [7, 11) is -3.51. The van der Waals surface area contributed by atoms with Crippen LogP contribution < -0.4 is 10.0 Å². The molecule has 2 aromatic carbocycles. The Bertz CT molecular complexity index is 1140. The molecule has 0 fully saturated rings. The first kappa shape index (κ1) is 19.7. The molecule has 0 atom stereocenters. The van der Waals surface area contributed by atoms with Crippen molar-refractivity contribution in [1.82, 2.24) is 9.55 Å². The number of benzene rings is 2. The third kappa shape index (κ3) is 4.60. The number of hydrogen-bond donors (Lipinski definition) is 2. The normalized spacial score (nSPS) is 12.1. The molecule has 0 bridgehead atoms. The number of hydrogen-bond acceptors (Lipinski definition) is 4. The third-order valence-electron chi connectivity index (χ3n) is 3.66. The lowest BCUT2D eigenvalue weighted by atomic mass is 10.3. The number of aromatic nitrogens is 2. The molecule has 148 valence electrons. The average Bonchev–Trinajstić information content (AvgIpc) is 2.92. The van der Waals surface area contributed by atoms with Gasteiger partial charge in [0.25, 0.3) is 0 Å². The minimum Gasteiger partial charge on any atom is -0.324 e. The molecule has 0 aliphatic rings. The highest BCUT2D eigenvalue weighted by Gasteiger charge is 2.38. The van der Waals surface area contributed by atoms with Crippen LogP contribution in [0.4, 0.5) is 24.5 Å². The Morgan fingerprint density at radius 2 is 1.79 bits per heavy atom. The Labute approximate surface area is 158 Å². The monoisotopic (exact) mass is 412 g/mol. The van der Waals surface area contributed by atoms with Gasteiger partial charge in [-0.05, 0) is 30.3 Å². The highest BCUT2D eigenvalue weighted by atomic mass is 32.2. The van der Waals surface area contributed by atoms with E-state index in [9.17, 15) is 26.4 Å². The molecule has 2 N–H and O–H groups in total. The van der Waals surface area contributed by atoms with Crippen molar-refractivity contribution in [2.45, 2.75) is 12.7 Å². The molecule has 7 nitrogen and oxygen atoms in total. The minimum atomic E-state index is -4.72. The van der Waals surface area contributed by atoms with Crippen LogP contribution in [0.25, 0.3) is 11.0 Å². The lowest BCUT2D eigenvalue weighted by Gasteiger charge is -2.12. The molecule has 28 heavy (non-hydrogen) atoms. The first-order valence-corrected chi connectivity index (χ1v) is 9.82. The van der Waals surface area contributed by atoms with Crippen molar-refractivity contribution in [1.29, 1.82) is 0 Å². The number of carbonyl (C=O) groups is 1. The number of para-hydroxylation sites is 2. The predicted octanol–water partition coefficient (Wildman–Crippen LogP) is 3.07. The molecule has 3 rings (SSSR count). The minimum absolute atomic E-state index is 0.127. The van der Waals surface area contributed by atoms with Crippen molar-refractivity contribution in [2.75, 3.05) is 16.3 Å². The molecule has 0 aliphatic heterocycles. The highest BCUT2D eigenvalue weighted by Crippen LogP contribution is 2.31. The van der Waals surface area contributed by atoms with Crippen LogP contribution in [0, 0.1) is 0 Å². The Balaban J connectivity index is 1.85. The van der Waals surface area contributed by atoms with Gasteiger partial charge < -0.3 is 9.88 Å². The van der Waals surface area contributed by atoms with Gasteiger partial charge >= 0.3 is 6.18 Å². The summed E-state index contributed by atoms with van der Waals surface area (Å²) in [6.45, 7) is -0.612. The molecule has 1 heterocycles. The number of nitrogens with zero attached hydrogens (tertiary/aromatic N) is 2. The summed E-state index contributed by atoms with van der Waals surface area (Å²) in [4.78, 5) is 15.9. The summed E-state index contributed by atoms with van der Waals surface area (Å²) >= 11 is 0. The van der Waals surface area contributed by atoms with Gasteiger partial charge in [0.05, 0.1) is 23.0 Å². The van der Waals surface area contributed by atoms with Crippen molar-refractivity contribution in [3.8, 4) is 0 Å². The van der Waals surface area contributed by atoms with Crippen LogP contribution in [-0.4, -0.2) is 30.1 Å². The lowest BCUT2D eigenvalue weighted by Crippen LogP contribution is -2.23. The standard InChI is InChI=1S/C17H15F3N4O3S/c1-28(26,27)23-12-6-4-5-11(9-12)21-15(25)10-24-14-8-3-2-7-13(14)22-16(24)17(18,19)20/h2-9,23H,10H2,1H3,(H,21,25). The summed E-state index contributed by atoms with van der Waals surface area (Å²) in [5.41, 5.74) is 0.750. The Morgan fingerprint density at radius 1 is 1.11 bits per heavy atom. The summed E-state index contributed by atoms with van der Waals surface area (Å²) in [5, 5.41) is 2.46. The zero-order valence-electron chi connectivity index (χ0n) is 14.5. The van der Waals surface area contributed by atoms with Gasteiger partial charge in [-0.15, -0.1) is 0 Å². The maximum absolute atomic E-state index is 13.3. The quantitative estimate of drug-likeness (QED) is 0.674. The molecule has 0 unspecified atom stereocenters. The number of halogens is 3. The van der Waals surface area contributed by atoms with E-state index >= 15 is 0 Å². The smallest absolute Gasteiger partial charge is 0.324 e. The van der Waals surface area contributed by atoms with E-state index in [1.165, 1.54) is 36.4 Å². The van der Waals surface area contributed by atoms with Crippen molar-refractivity contribution in [2.24, 2.45) is 0 Å². The van der Waals surface area contributed by atoms with Gasteiger partial charge in [-0.25, -0.2) is 13.4 Å². The summed E-state index contributed by atoms with van der Waals surface area (Å²) in [6, 6.07) is 11.8. The number of carbonyl (C=O) groups excluding carboxylic acids is 1. The molecule has 0 saturated heterocycles. The van der Waals surface area contributed by atoms with Crippen LogP contribution >= 0.6 is 0 Å². The van der Waals surface area contributed by atoms with E-state index in [2.05, 4.69) is 15.0 Å². The molecule has 1 amide bonds. The Hall–Kier alpha value is -3.08. The Kier molecular flexibility index (Phi) is 5.02. The van der Waals surface area contributed by atoms with E-state index in [1.54, 1.807) is 12.1 Å². The van der Waals surface area contributed by atoms with E-state index < -0.39 is 34.5 Å². The molecular weight excluding hydrogens is 397 g/mol. The van der Waals surface area contributed by atoms with E-state index in [1.807, 2.05) is 0 Å². The fourth-order valence-electron chi connectivity index (χ4n) is 2.67. The van der Waals surface area contributed by atoms with E-state index in [0.717, 1.165) is 10.8 Å². The van der Waals surface area contributed by atoms with Gasteiger partial charge in [0.2, 0.25) is 21.8 Å². The zero-order valence-corrected chi connectivity index (χ0v) is 15.3. The fraction of sp³-hybridized carbons (Fsp3) is 0.176. The second-order valence-corrected chi connectivity index (χ2v) is 7.76. The van der Waals surface area contributed by atoms with Crippen LogP contribution in [0.2, 0.25) is 0 Å². The van der Waals surface area contributed by atoms with Gasteiger partial charge in [-0.2, -0.15) is 13.2 Å². The molecule has 0 aliphatic carbocycles. The van der Waals surface area contributed by atoms with Crippen LogP contribution in [-0.2, 0) is 27.5 Å².